The minimum atomic E-state index is 0.0460. The van der Waals surface area contributed by atoms with Crippen molar-refractivity contribution in [3.8, 4) is 11.8 Å². The fraction of sp³-hybridized carbons (Fsp3) is 0.312. The van der Waals surface area contributed by atoms with Gasteiger partial charge in [-0.05, 0) is 41.5 Å². The Labute approximate surface area is 113 Å². The van der Waals surface area contributed by atoms with Crippen molar-refractivity contribution in [1.82, 2.24) is 5.32 Å². The van der Waals surface area contributed by atoms with E-state index in [1.165, 1.54) is 16.3 Å². The van der Waals surface area contributed by atoms with E-state index in [4.69, 9.17) is 10.00 Å². The highest BCUT2D eigenvalue weighted by atomic mass is 16.5. The van der Waals surface area contributed by atoms with Crippen molar-refractivity contribution in [2.45, 2.75) is 13.5 Å². The molecule has 2 rings (SSSR count). The SMILES string of the molecule is COc1ccc2cc(CNCC(C)C#N)ccc2c1. The van der Waals surface area contributed by atoms with Gasteiger partial charge in [0.25, 0.3) is 0 Å². The number of nitriles is 1. The molecule has 1 unspecified atom stereocenters. The van der Waals surface area contributed by atoms with Gasteiger partial charge < -0.3 is 10.1 Å². The first kappa shape index (κ1) is 13.4. The molecular formula is C16H18N2O. The quantitative estimate of drug-likeness (QED) is 0.891. The van der Waals surface area contributed by atoms with E-state index in [0.717, 1.165) is 18.8 Å². The van der Waals surface area contributed by atoms with E-state index in [1.54, 1.807) is 7.11 Å². The summed E-state index contributed by atoms with van der Waals surface area (Å²) in [6, 6.07) is 14.7. The highest BCUT2D eigenvalue weighted by Gasteiger charge is 2.01. The van der Waals surface area contributed by atoms with Crippen molar-refractivity contribution in [3.05, 3.63) is 42.0 Å². The van der Waals surface area contributed by atoms with Gasteiger partial charge >= 0.3 is 0 Å². The molecule has 0 spiro atoms. The lowest BCUT2D eigenvalue weighted by molar-refractivity contribution is 0.415. The largest absolute Gasteiger partial charge is 0.497 e. The first-order valence-electron chi connectivity index (χ1n) is 6.40. The predicted molar refractivity (Wildman–Crippen MR) is 77.0 cm³/mol. The Kier molecular flexibility index (Phi) is 4.38. The molecule has 0 bridgehead atoms. The molecule has 0 heterocycles. The first-order chi connectivity index (χ1) is 9.22. The molecule has 0 radical (unpaired) electrons. The van der Waals surface area contributed by atoms with Crippen molar-refractivity contribution < 1.29 is 4.74 Å². The normalized spacial score (nSPS) is 12.1. The van der Waals surface area contributed by atoms with Crippen molar-refractivity contribution in [3.63, 3.8) is 0 Å². The van der Waals surface area contributed by atoms with Crippen molar-refractivity contribution in [1.29, 1.82) is 5.26 Å². The Bertz CT molecular complexity index is 601. The monoisotopic (exact) mass is 254 g/mol. The van der Waals surface area contributed by atoms with Crippen molar-refractivity contribution in [2.75, 3.05) is 13.7 Å². The van der Waals surface area contributed by atoms with E-state index < -0.39 is 0 Å². The maximum Gasteiger partial charge on any atom is 0.119 e. The number of nitrogens with one attached hydrogen (secondary N) is 1. The van der Waals surface area contributed by atoms with Crippen LogP contribution in [0.1, 0.15) is 12.5 Å². The zero-order chi connectivity index (χ0) is 13.7. The maximum absolute atomic E-state index is 8.72. The molecule has 2 aromatic carbocycles. The summed E-state index contributed by atoms with van der Waals surface area (Å²) in [7, 11) is 1.68. The van der Waals surface area contributed by atoms with Crippen LogP contribution in [0.2, 0.25) is 0 Å². The molecule has 1 N–H and O–H groups in total. The average Bonchev–Trinajstić information content (AvgIpc) is 2.46. The van der Waals surface area contributed by atoms with Crippen LogP contribution in [-0.2, 0) is 6.54 Å². The predicted octanol–water partition coefficient (Wildman–Crippen LogP) is 3.10. The molecule has 0 amide bonds. The van der Waals surface area contributed by atoms with Gasteiger partial charge in [0.1, 0.15) is 5.75 Å². The van der Waals surface area contributed by atoms with Crippen LogP contribution in [0.25, 0.3) is 10.8 Å². The van der Waals surface area contributed by atoms with Crippen LogP contribution in [0, 0.1) is 17.2 Å². The highest BCUT2D eigenvalue weighted by molar-refractivity contribution is 5.84. The third-order valence-corrected chi connectivity index (χ3v) is 3.11. The molecule has 0 saturated heterocycles. The van der Waals surface area contributed by atoms with Crippen LogP contribution < -0.4 is 10.1 Å². The van der Waals surface area contributed by atoms with Gasteiger partial charge in [0.05, 0.1) is 19.1 Å². The van der Waals surface area contributed by atoms with E-state index in [0.29, 0.717) is 0 Å². The number of nitrogens with zero attached hydrogens (tertiary/aromatic N) is 1. The summed E-state index contributed by atoms with van der Waals surface area (Å²) in [5.41, 5.74) is 1.22. The average molecular weight is 254 g/mol. The van der Waals surface area contributed by atoms with Gasteiger partial charge in [-0.15, -0.1) is 0 Å². The van der Waals surface area contributed by atoms with Gasteiger partial charge in [0.2, 0.25) is 0 Å². The van der Waals surface area contributed by atoms with Gasteiger partial charge in [-0.3, -0.25) is 0 Å². The molecular weight excluding hydrogens is 236 g/mol. The van der Waals surface area contributed by atoms with Gasteiger partial charge in [-0.2, -0.15) is 5.26 Å². The molecule has 0 aliphatic heterocycles. The fourth-order valence-corrected chi connectivity index (χ4v) is 1.99. The molecule has 0 fully saturated rings. The number of rotatable bonds is 5. The minimum Gasteiger partial charge on any atom is -0.497 e. The van der Waals surface area contributed by atoms with E-state index in [-0.39, 0.29) is 5.92 Å². The molecule has 0 aromatic heterocycles. The Balaban J connectivity index is 2.07. The highest BCUT2D eigenvalue weighted by Crippen LogP contribution is 2.21. The van der Waals surface area contributed by atoms with Crippen LogP contribution in [0.5, 0.6) is 5.75 Å². The number of benzene rings is 2. The third kappa shape index (κ3) is 3.46. The van der Waals surface area contributed by atoms with Crippen LogP contribution in [0.4, 0.5) is 0 Å². The lowest BCUT2D eigenvalue weighted by Gasteiger charge is -2.08. The van der Waals surface area contributed by atoms with Crippen molar-refractivity contribution in [2.24, 2.45) is 5.92 Å². The molecule has 0 aliphatic rings. The number of fused-ring (bicyclic) bond motifs is 1. The van der Waals surface area contributed by atoms with Gasteiger partial charge in [-0.25, -0.2) is 0 Å². The molecule has 19 heavy (non-hydrogen) atoms. The zero-order valence-electron chi connectivity index (χ0n) is 11.3. The van der Waals surface area contributed by atoms with Gasteiger partial charge in [-0.1, -0.05) is 18.2 Å². The number of hydrogen-bond acceptors (Lipinski definition) is 3. The topological polar surface area (TPSA) is 45.0 Å². The summed E-state index contributed by atoms with van der Waals surface area (Å²) < 4.78 is 5.21. The number of ether oxygens (including phenoxy) is 1. The first-order valence-corrected chi connectivity index (χ1v) is 6.40. The Morgan fingerprint density at radius 1 is 1.21 bits per heavy atom. The van der Waals surface area contributed by atoms with Crippen LogP contribution >= 0.6 is 0 Å². The second-order valence-electron chi connectivity index (χ2n) is 4.71. The number of hydrogen-bond donors (Lipinski definition) is 1. The fourth-order valence-electron chi connectivity index (χ4n) is 1.99. The Morgan fingerprint density at radius 2 is 1.95 bits per heavy atom. The molecule has 3 nitrogen and oxygen atoms in total. The minimum absolute atomic E-state index is 0.0460. The summed E-state index contributed by atoms with van der Waals surface area (Å²) >= 11 is 0. The molecule has 98 valence electrons. The molecule has 0 aliphatic carbocycles. The van der Waals surface area contributed by atoms with E-state index in [9.17, 15) is 0 Å². The molecule has 0 saturated carbocycles. The summed E-state index contributed by atoms with van der Waals surface area (Å²) in [5, 5.41) is 14.4. The summed E-state index contributed by atoms with van der Waals surface area (Å²) in [6.07, 6.45) is 0. The van der Waals surface area contributed by atoms with Crippen LogP contribution in [-0.4, -0.2) is 13.7 Å². The molecule has 1 atom stereocenters. The standard InChI is InChI=1S/C16H18N2O/c1-12(9-17)10-18-11-13-3-4-15-8-16(19-2)6-5-14(15)7-13/h3-8,12,18H,10-11H2,1-2H3. The Hall–Kier alpha value is -2.05. The van der Waals surface area contributed by atoms with E-state index in [2.05, 4.69) is 35.7 Å². The molecule has 3 heteroatoms. The molecule has 2 aromatic rings. The summed E-state index contributed by atoms with van der Waals surface area (Å²) in [5.74, 6) is 0.922. The van der Waals surface area contributed by atoms with E-state index in [1.807, 2.05) is 19.1 Å². The second kappa shape index (κ2) is 6.21. The summed E-state index contributed by atoms with van der Waals surface area (Å²) in [4.78, 5) is 0. The van der Waals surface area contributed by atoms with Crippen LogP contribution in [0.3, 0.4) is 0 Å². The number of methoxy groups -OCH3 is 1. The van der Waals surface area contributed by atoms with Crippen LogP contribution in [0.15, 0.2) is 36.4 Å². The third-order valence-electron chi connectivity index (χ3n) is 3.11. The smallest absolute Gasteiger partial charge is 0.119 e. The summed E-state index contributed by atoms with van der Waals surface area (Å²) in [6.45, 7) is 3.42. The van der Waals surface area contributed by atoms with Gasteiger partial charge in [0.15, 0.2) is 0 Å². The lowest BCUT2D eigenvalue weighted by atomic mass is 10.1. The zero-order valence-corrected chi connectivity index (χ0v) is 11.3. The van der Waals surface area contributed by atoms with Crippen molar-refractivity contribution >= 4 is 10.8 Å². The second-order valence-corrected chi connectivity index (χ2v) is 4.71. The Morgan fingerprint density at radius 3 is 2.68 bits per heavy atom. The van der Waals surface area contributed by atoms with E-state index >= 15 is 0 Å². The van der Waals surface area contributed by atoms with Gasteiger partial charge in [0, 0.05) is 13.1 Å². The maximum atomic E-state index is 8.72. The lowest BCUT2D eigenvalue weighted by Crippen LogP contribution is -2.19.